The third-order valence-corrected chi connectivity index (χ3v) is 1.57. The van der Waals surface area contributed by atoms with Gasteiger partial charge < -0.3 is 4.84 Å². The molecule has 0 aliphatic rings. The molecule has 0 saturated carbocycles. The van der Waals surface area contributed by atoms with Crippen molar-refractivity contribution in [3.05, 3.63) is 0 Å². The summed E-state index contributed by atoms with van der Waals surface area (Å²) < 4.78 is 14.7. The second kappa shape index (κ2) is 5.18. The average Bonchev–Trinajstić information content (AvgIpc) is 1.86. The maximum atomic E-state index is 10.1. The molecule has 0 bridgehead atoms. The van der Waals surface area contributed by atoms with Gasteiger partial charge in [0.1, 0.15) is 7.11 Å². The predicted octanol–water partition coefficient (Wildman–Crippen LogP) is 1.06. The van der Waals surface area contributed by atoms with Crippen molar-refractivity contribution in [2.24, 2.45) is 5.16 Å². The van der Waals surface area contributed by atoms with E-state index in [0.29, 0.717) is 5.71 Å². The monoisotopic (exact) mass is 180 g/mol. The maximum Gasteiger partial charge on any atom is 0.695 e. The second-order valence-corrected chi connectivity index (χ2v) is 2.59. The molecule has 0 rings (SSSR count). The predicted molar refractivity (Wildman–Crippen MR) is 40.5 cm³/mol. The molecule has 0 aromatic rings. The van der Waals surface area contributed by atoms with Crippen LogP contribution in [0, 0.1) is 0 Å². The fraction of sp³-hybridized carbons (Fsp3) is 0.800. The first-order valence-electron chi connectivity index (χ1n) is 2.98. The Morgan fingerprint density at radius 2 is 2.27 bits per heavy atom. The summed E-state index contributed by atoms with van der Waals surface area (Å²) in [7, 11) is -1.17. The van der Waals surface area contributed by atoms with Crippen LogP contribution in [0.15, 0.2) is 5.16 Å². The van der Waals surface area contributed by atoms with Crippen molar-refractivity contribution in [3.63, 3.8) is 0 Å². The van der Waals surface area contributed by atoms with Gasteiger partial charge in [0.2, 0.25) is 0 Å². The van der Waals surface area contributed by atoms with Crippen LogP contribution in [0.5, 0.6) is 0 Å². The van der Waals surface area contributed by atoms with E-state index in [4.69, 9.17) is 4.89 Å². The lowest BCUT2D eigenvalue weighted by atomic mass is 10.3. The number of hydrogen-bond donors (Lipinski definition) is 1. The summed E-state index contributed by atoms with van der Waals surface area (Å²) in [6.45, 7) is 3.26. The first kappa shape index (κ1) is 10.5. The average molecular weight is 180 g/mol. The minimum absolute atomic E-state index is 0.497. The third kappa shape index (κ3) is 4.84. The molecule has 0 aliphatic carbocycles. The fourth-order valence-corrected chi connectivity index (χ4v) is 0.853. The molecule has 64 valence electrons. The summed E-state index contributed by atoms with van der Waals surface area (Å²) in [5.74, 6) is 0. The zero-order valence-corrected chi connectivity index (χ0v) is 7.54. The minimum Gasteiger partial charge on any atom is -0.399 e. The molecule has 0 aromatic heterocycles. The summed E-state index contributed by atoms with van der Waals surface area (Å²) in [6, 6.07) is 0. The zero-order valence-electron chi connectivity index (χ0n) is 6.64. The third-order valence-electron chi connectivity index (χ3n) is 1.07. The molecule has 0 fully saturated rings. The van der Waals surface area contributed by atoms with E-state index in [-0.39, 0.29) is 0 Å². The lowest BCUT2D eigenvalue weighted by molar-refractivity contribution is 0.201. The Morgan fingerprint density at radius 3 is 2.64 bits per heavy atom. The van der Waals surface area contributed by atoms with Gasteiger partial charge in [-0.2, -0.15) is 0 Å². The quantitative estimate of drug-likeness (QED) is 0.399. The molecule has 11 heavy (non-hydrogen) atoms. The summed E-state index contributed by atoms with van der Waals surface area (Å²) in [5.41, 5.74) is 0.518. The molecule has 0 spiro atoms. The zero-order chi connectivity index (χ0) is 8.85. The van der Waals surface area contributed by atoms with Gasteiger partial charge in [-0.1, -0.05) is 5.16 Å². The van der Waals surface area contributed by atoms with Gasteiger partial charge in [0.05, 0.1) is 5.71 Å². The Morgan fingerprint density at radius 1 is 1.73 bits per heavy atom. The van der Waals surface area contributed by atoms with Gasteiger partial charge in [0, 0.05) is 4.57 Å². The van der Waals surface area contributed by atoms with Crippen LogP contribution in [0.4, 0.5) is 0 Å². The van der Waals surface area contributed by atoms with Crippen LogP contribution in [-0.4, -0.2) is 23.8 Å². The van der Waals surface area contributed by atoms with Gasteiger partial charge in [-0.3, -0.25) is 0 Å². The Labute approximate surface area is 65.9 Å². The van der Waals surface area contributed by atoms with Gasteiger partial charge in [-0.25, -0.2) is 0 Å². The van der Waals surface area contributed by atoms with E-state index < -0.39 is 14.4 Å². The Bertz CT molecular complexity index is 170. The molecule has 0 saturated heterocycles. The van der Waals surface area contributed by atoms with E-state index in [0.717, 1.165) is 0 Å². The van der Waals surface area contributed by atoms with Crippen molar-refractivity contribution in [2.45, 2.75) is 20.0 Å². The Balaban J connectivity index is 3.92. The molecular weight excluding hydrogens is 169 g/mol. The fourth-order valence-electron chi connectivity index (χ4n) is 0.430. The first-order valence-corrected chi connectivity index (χ1v) is 4.11. The molecule has 5 nitrogen and oxygen atoms in total. The highest BCUT2D eigenvalue weighted by Gasteiger charge is 2.21. The summed E-state index contributed by atoms with van der Waals surface area (Å²) >= 11 is 0. The van der Waals surface area contributed by atoms with Crippen LogP contribution in [0.1, 0.15) is 13.8 Å². The van der Waals surface area contributed by atoms with Crippen molar-refractivity contribution >= 4 is 14.0 Å². The smallest absolute Gasteiger partial charge is 0.399 e. The molecule has 0 amide bonds. The summed E-state index contributed by atoms with van der Waals surface area (Å²) in [4.78, 5) is 12.8. The van der Waals surface area contributed by atoms with Crippen molar-refractivity contribution in [3.8, 4) is 0 Å². The highest BCUT2D eigenvalue weighted by atomic mass is 31.1. The molecule has 0 aliphatic heterocycles. The van der Waals surface area contributed by atoms with E-state index in [1.54, 1.807) is 13.8 Å². The molecule has 0 heterocycles. The number of hydrogen-bond acceptors (Lipinski definition) is 4. The molecule has 1 N–H and O–H groups in total. The Hall–Kier alpha value is -0.510. The molecule has 6 heteroatoms. The first-order chi connectivity index (χ1) is 5.07. The normalized spacial score (nSPS) is 16.0. The van der Waals surface area contributed by atoms with Crippen LogP contribution in [0.25, 0.3) is 0 Å². The second-order valence-electron chi connectivity index (χ2n) is 1.90. The van der Waals surface area contributed by atoms with Crippen LogP contribution in [0.2, 0.25) is 0 Å². The standard InChI is InChI=1S/C5H10NO4P/c1-4(6-9-3)5(2)10-11(7)8/h5H,1-3H3/p+1. The molecule has 2 unspecified atom stereocenters. The van der Waals surface area contributed by atoms with E-state index >= 15 is 0 Å². The van der Waals surface area contributed by atoms with E-state index in [1.807, 2.05) is 0 Å². The van der Waals surface area contributed by atoms with Crippen molar-refractivity contribution in [1.82, 2.24) is 0 Å². The molecule has 2 atom stereocenters. The van der Waals surface area contributed by atoms with Crippen LogP contribution < -0.4 is 0 Å². The summed E-state index contributed by atoms with van der Waals surface area (Å²) in [5, 5.41) is 3.53. The van der Waals surface area contributed by atoms with Gasteiger partial charge in [-0.05, 0) is 13.8 Å². The maximum absolute atomic E-state index is 10.1. The molecular formula is C5H11NO4P+. The lowest BCUT2D eigenvalue weighted by Gasteiger charge is -2.00. The van der Waals surface area contributed by atoms with E-state index in [1.165, 1.54) is 7.11 Å². The van der Waals surface area contributed by atoms with Gasteiger partial charge in [-0.15, -0.1) is 9.42 Å². The minimum atomic E-state index is -2.57. The summed E-state index contributed by atoms with van der Waals surface area (Å²) in [6.07, 6.45) is -0.497. The number of oxime groups is 1. The van der Waals surface area contributed by atoms with Gasteiger partial charge in [0.25, 0.3) is 0 Å². The number of nitrogens with zero attached hydrogens (tertiary/aromatic N) is 1. The lowest BCUT2D eigenvalue weighted by Crippen LogP contribution is -2.14. The van der Waals surface area contributed by atoms with Gasteiger partial charge in [0.15, 0.2) is 6.10 Å². The van der Waals surface area contributed by atoms with E-state index in [9.17, 15) is 4.57 Å². The number of rotatable bonds is 4. The highest BCUT2D eigenvalue weighted by molar-refractivity contribution is 7.32. The largest absolute Gasteiger partial charge is 0.695 e. The van der Waals surface area contributed by atoms with Gasteiger partial charge >= 0.3 is 8.25 Å². The van der Waals surface area contributed by atoms with Crippen molar-refractivity contribution in [1.29, 1.82) is 0 Å². The van der Waals surface area contributed by atoms with Crippen LogP contribution >= 0.6 is 8.25 Å². The Kier molecular flexibility index (Phi) is 4.94. The molecule has 0 radical (unpaired) electrons. The highest BCUT2D eigenvalue weighted by Crippen LogP contribution is 2.18. The topological polar surface area (TPSA) is 68.1 Å². The van der Waals surface area contributed by atoms with Crippen molar-refractivity contribution in [2.75, 3.05) is 7.11 Å². The van der Waals surface area contributed by atoms with Crippen LogP contribution in [0.3, 0.4) is 0 Å². The van der Waals surface area contributed by atoms with Crippen LogP contribution in [-0.2, 0) is 13.9 Å². The van der Waals surface area contributed by atoms with Crippen molar-refractivity contribution < 1.29 is 18.8 Å². The molecule has 0 aromatic carbocycles. The SMILES string of the molecule is CON=C(C)C(C)O[P+](=O)O. The van der Waals surface area contributed by atoms with E-state index in [2.05, 4.69) is 14.5 Å².